The molecule has 0 aliphatic carbocycles. The van der Waals surface area contributed by atoms with Crippen LogP contribution in [0.15, 0.2) is 47.4 Å². The van der Waals surface area contributed by atoms with E-state index in [-0.39, 0.29) is 22.9 Å². The van der Waals surface area contributed by atoms with Gasteiger partial charge in [0.15, 0.2) is 11.6 Å². The molecule has 1 fully saturated rings. The van der Waals surface area contributed by atoms with E-state index in [9.17, 15) is 18.0 Å². The summed E-state index contributed by atoms with van der Waals surface area (Å²) in [6.45, 7) is 1.58. The van der Waals surface area contributed by atoms with Crippen LogP contribution in [0, 0.1) is 17.5 Å². The molecule has 0 spiro atoms. The Morgan fingerprint density at radius 1 is 1.04 bits per heavy atom. The van der Waals surface area contributed by atoms with Crippen molar-refractivity contribution in [1.82, 2.24) is 5.32 Å². The third-order valence-corrected chi connectivity index (χ3v) is 5.79. The van der Waals surface area contributed by atoms with Crippen LogP contribution in [-0.4, -0.2) is 31.4 Å². The Labute approximate surface area is 160 Å². The molecule has 3 rings (SSSR count). The number of halogens is 3. The molecular weight excluding hydrogens is 375 g/mol. The standard InChI is InChI=1S/C20H20F3NO2S/c21-15-3-1-14(2-4-15)20(7-9-26-10-8-20)13-24-19(25)12-27-16-5-6-17(22)18(23)11-16/h1-6,11H,7-10,12-13H2,(H,24,25). The molecule has 1 N–H and O–H groups in total. The number of nitrogens with one attached hydrogen (secondary N) is 1. The Balaban J connectivity index is 1.60. The van der Waals surface area contributed by atoms with Gasteiger partial charge in [-0.2, -0.15) is 0 Å². The zero-order valence-corrected chi connectivity index (χ0v) is 15.5. The predicted octanol–water partition coefficient (Wildman–Crippen LogP) is 4.06. The van der Waals surface area contributed by atoms with E-state index in [0.29, 0.717) is 24.7 Å². The van der Waals surface area contributed by atoms with Gasteiger partial charge in [-0.3, -0.25) is 4.79 Å². The molecule has 1 heterocycles. The Morgan fingerprint density at radius 3 is 2.41 bits per heavy atom. The van der Waals surface area contributed by atoms with E-state index in [1.165, 1.54) is 18.2 Å². The van der Waals surface area contributed by atoms with Crippen molar-refractivity contribution in [3.05, 3.63) is 65.5 Å². The molecule has 0 bridgehead atoms. The maximum atomic E-state index is 13.3. The summed E-state index contributed by atoms with van der Waals surface area (Å²) < 4.78 is 44.9. The van der Waals surface area contributed by atoms with Gasteiger partial charge in [0.1, 0.15) is 5.82 Å². The van der Waals surface area contributed by atoms with Crippen LogP contribution in [0.4, 0.5) is 13.2 Å². The topological polar surface area (TPSA) is 38.3 Å². The lowest BCUT2D eigenvalue weighted by atomic mass is 9.74. The van der Waals surface area contributed by atoms with Gasteiger partial charge in [-0.05, 0) is 48.7 Å². The highest BCUT2D eigenvalue weighted by atomic mass is 32.2. The van der Waals surface area contributed by atoms with Gasteiger partial charge in [0.05, 0.1) is 5.75 Å². The van der Waals surface area contributed by atoms with Crippen LogP contribution in [0.25, 0.3) is 0 Å². The third-order valence-electron chi connectivity index (χ3n) is 4.79. The molecule has 0 saturated carbocycles. The first kappa shape index (κ1) is 19.8. The smallest absolute Gasteiger partial charge is 0.230 e. The minimum Gasteiger partial charge on any atom is -0.381 e. The number of hydrogen-bond donors (Lipinski definition) is 1. The summed E-state index contributed by atoms with van der Waals surface area (Å²) in [7, 11) is 0. The maximum absolute atomic E-state index is 13.3. The molecule has 3 nitrogen and oxygen atoms in total. The molecule has 0 atom stereocenters. The summed E-state index contributed by atoms with van der Waals surface area (Å²) in [5, 5.41) is 2.93. The average Bonchev–Trinajstić information content (AvgIpc) is 2.68. The second kappa shape index (κ2) is 8.80. The van der Waals surface area contributed by atoms with Crippen LogP contribution in [0.3, 0.4) is 0 Å². The fourth-order valence-electron chi connectivity index (χ4n) is 3.17. The van der Waals surface area contributed by atoms with Crippen molar-refractivity contribution in [1.29, 1.82) is 0 Å². The molecule has 0 radical (unpaired) electrons. The molecule has 144 valence electrons. The Kier molecular flexibility index (Phi) is 6.44. The van der Waals surface area contributed by atoms with Crippen LogP contribution in [-0.2, 0) is 14.9 Å². The molecule has 1 aliphatic rings. The predicted molar refractivity (Wildman–Crippen MR) is 98.2 cm³/mol. The summed E-state index contributed by atoms with van der Waals surface area (Å²) in [4.78, 5) is 12.7. The molecule has 2 aromatic carbocycles. The molecule has 7 heteroatoms. The Hall–Kier alpha value is -1.99. The van der Waals surface area contributed by atoms with E-state index in [1.54, 1.807) is 12.1 Å². The first-order chi connectivity index (χ1) is 13.0. The zero-order chi connectivity index (χ0) is 19.3. The SMILES string of the molecule is O=C(CSc1ccc(F)c(F)c1)NCC1(c2ccc(F)cc2)CCOCC1. The van der Waals surface area contributed by atoms with Gasteiger partial charge in [-0.1, -0.05) is 12.1 Å². The van der Waals surface area contributed by atoms with Gasteiger partial charge in [0.25, 0.3) is 0 Å². The van der Waals surface area contributed by atoms with E-state index < -0.39 is 11.6 Å². The number of benzene rings is 2. The Bertz CT molecular complexity index is 792. The second-order valence-corrected chi connectivity index (χ2v) is 7.59. The summed E-state index contributed by atoms with van der Waals surface area (Å²) >= 11 is 1.14. The summed E-state index contributed by atoms with van der Waals surface area (Å²) in [6.07, 6.45) is 1.46. The first-order valence-electron chi connectivity index (χ1n) is 8.67. The van der Waals surface area contributed by atoms with E-state index >= 15 is 0 Å². The molecule has 0 unspecified atom stereocenters. The molecule has 2 aromatic rings. The molecule has 0 aromatic heterocycles. The minimum absolute atomic E-state index is 0.0983. The highest BCUT2D eigenvalue weighted by Gasteiger charge is 2.34. The van der Waals surface area contributed by atoms with Gasteiger partial charge in [0, 0.05) is 30.1 Å². The van der Waals surface area contributed by atoms with Crippen molar-refractivity contribution in [3.63, 3.8) is 0 Å². The van der Waals surface area contributed by atoms with Crippen LogP contribution in [0.5, 0.6) is 0 Å². The normalized spacial score (nSPS) is 16.1. The second-order valence-electron chi connectivity index (χ2n) is 6.54. The highest BCUT2D eigenvalue weighted by molar-refractivity contribution is 8.00. The number of amides is 1. The van der Waals surface area contributed by atoms with Crippen molar-refractivity contribution in [2.24, 2.45) is 0 Å². The van der Waals surface area contributed by atoms with Gasteiger partial charge in [0.2, 0.25) is 5.91 Å². The number of hydrogen-bond acceptors (Lipinski definition) is 3. The quantitative estimate of drug-likeness (QED) is 0.750. The van der Waals surface area contributed by atoms with Crippen LogP contribution < -0.4 is 5.32 Å². The van der Waals surface area contributed by atoms with Crippen molar-refractivity contribution >= 4 is 17.7 Å². The average molecular weight is 395 g/mol. The number of rotatable bonds is 6. The number of ether oxygens (including phenoxy) is 1. The number of carbonyl (C=O) groups is 1. The molecule has 1 aliphatic heterocycles. The van der Waals surface area contributed by atoms with E-state index in [2.05, 4.69) is 5.32 Å². The third kappa shape index (κ3) is 5.05. The fourth-order valence-corrected chi connectivity index (χ4v) is 3.92. The van der Waals surface area contributed by atoms with Crippen molar-refractivity contribution in [2.45, 2.75) is 23.2 Å². The fraction of sp³-hybridized carbons (Fsp3) is 0.350. The van der Waals surface area contributed by atoms with Gasteiger partial charge < -0.3 is 10.1 Å². The lowest BCUT2D eigenvalue weighted by Gasteiger charge is -2.38. The lowest BCUT2D eigenvalue weighted by molar-refractivity contribution is -0.119. The molecule has 1 amide bonds. The zero-order valence-electron chi connectivity index (χ0n) is 14.6. The minimum atomic E-state index is -0.933. The van der Waals surface area contributed by atoms with E-state index in [0.717, 1.165) is 42.3 Å². The lowest BCUT2D eigenvalue weighted by Crippen LogP contribution is -2.45. The summed E-state index contributed by atoms with van der Waals surface area (Å²) in [5.41, 5.74) is 0.676. The van der Waals surface area contributed by atoms with Gasteiger partial charge >= 0.3 is 0 Å². The van der Waals surface area contributed by atoms with Crippen molar-refractivity contribution in [3.8, 4) is 0 Å². The molecule has 1 saturated heterocycles. The van der Waals surface area contributed by atoms with Crippen molar-refractivity contribution in [2.75, 3.05) is 25.5 Å². The largest absolute Gasteiger partial charge is 0.381 e. The maximum Gasteiger partial charge on any atom is 0.230 e. The highest BCUT2D eigenvalue weighted by Crippen LogP contribution is 2.34. The van der Waals surface area contributed by atoms with Crippen LogP contribution >= 0.6 is 11.8 Å². The summed E-state index contributed by atoms with van der Waals surface area (Å²) in [5.74, 6) is -2.24. The van der Waals surface area contributed by atoms with Crippen LogP contribution in [0.1, 0.15) is 18.4 Å². The van der Waals surface area contributed by atoms with E-state index in [1.807, 2.05) is 0 Å². The number of thioether (sulfide) groups is 1. The van der Waals surface area contributed by atoms with Gasteiger partial charge in [-0.25, -0.2) is 13.2 Å². The van der Waals surface area contributed by atoms with Crippen molar-refractivity contribution < 1.29 is 22.7 Å². The monoisotopic (exact) mass is 395 g/mol. The molecule has 27 heavy (non-hydrogen) atoms. The van der Waals surface area contributed by atoms with E-state index in [4.69, 9.17) is 4.74 Å². The number of carbonyl (C=O) groups excluding carboxylic acids is 1. The Morgan fingerprint density at radius 2 is 1.74 bits per heavy atom. The summed E-state index contributed by atoms with van der Waals surface area (Å²) in [6, 6.07) is 9.91. The van der Waals surface area contributed by atoms with Crippen LogP contribution in [0.2, 0.25) is 0 Å². The molecular formula is C20H20F3NO2S. The first-order valence-corrected chi connectivity index (χ1v) is 9.65. The van der Waals surface area contributed by atoms with Gasteiger partial charge in [-0.15, -0.1) is 11.8 Å².